The molecule has 0 aromatic heterocycles. The number of rotatable bonds is 17. The lowest BCUT2D eigenvalue weighted by molar-refractivity contribution is -0.129. The van der Waals surface area contributed by atoms with Crippen molar-refractivity contribution < 1.29 is 33.9 Å². The Morgan fingerprint density at radius 2 is 1.24 bits per heavy atom. The number of carbonyl (C=O) groups is 6. The van der Waals surface area contributed by atoms with Crippen LogP contribution < -0.4 is 53.6 Å². The Kier molecular flexibility index (Phi) is 14.8. The van der Waals surface area contributed by atoms with Crippen LogP contribution in [-0.2, 0) is 35.2 Å². The first kappa shape index (κ1) is 41.8. The van der Waals surface area contributed by atoms with Crippen LogP contribution in [0.25, 0.3) is 0 Å². The molecule has 3 saturated heterocycles. The number of nitrogens with one attached hydrogen (secondary N) is 9. The molecule has 0 radical (unpaired) electrons. The number of amides is 6. The Morgan fingerprint density at radius 3 is 1.84 bits per heavy atom. The zero-order chi connectivity index (χ0) is 39.6. The van der Waals surface area contributed by atoms with Crippen molar-refractivity contribution in [2.24, 2.45) is 35.3 Å². The number of hydrogen-bond acceptors (Lipinski definition) is 11. The second-order valence-electron chi connectivity index (χ2n) is 15.9. The van der Waals surface area contributed by atoms with E-state index in [1.54, 1.807) is 24.3 Å². The van der Waals surface area contributed by atoms with Crippen LogP contribution >= 0.6 is 0 Å². The summed E-state index contributed by atoms with van der Waals surface area (Å²) in [7, 11) is 1.85. The number of nitrogens with two attached hydrogens (primary N) is 1. The fourth-order valence-electron chi connectivity index (χ4n) is 8.35. The number of phenols is 1. The van der Waals surface area contributed by atoms with Gasteiger partial charge in [0.2, 0.25) is 35.4 Å². The molecule has 10 atom stereocenters. The lowest BCUT2D eigenvalue weighted by Crippen LogP contribution is -2.54. The van der Waals surface area contributed by atoms with E-state index in [0.29, 0.717) is 45.7 Å². The average molecular weight is 769 g/mol. The molecule has 1 aliphatic carbocycles. The molecule has 1 aromatic rings. The van der Waals surface area contributed by atoms with E-state index < -0.39 is 53.9 Å². The molecule has 1 aromatic carbocycles. The first-order valence-corrected chi connectivity index (χ1v) is 19.7. The van der Waals surface area contributed by atoms with Crippen LogP contribution in [-0.4, -0.2) is 123 Å². The Hall–Kier alpha value is -4.32. The molecule has 12 N–H and O–H groups in total. The Balaban J connectivity index is 1.14. The third-order valence-electron chi connectivity index (χ3n) is 11.7. The highest BCUT2D eigenvalue weighted by molar-refractivity contribution is 5.86. The molecule has 17 heteroatoms. The molecule has 0 bridgehead atoms. The summed E-state index contributed by atoms with van der Waals surface area (Å²) in [4.78, 5) is 78.8. The van der Waals surface area contributed by atoms with E-state index >= 15 is 0 Å². The summed E-state index contributed by atoms with van der Waals surface area (Å²) in [6, 6.07) is 4.35. The van der Waals surface area contributed by atoms with Crippen LogP contribution in [0.2, 0.25) is 0 Å². The van der Waals surface area contributed by atoms with Gasteiger partial charge in [0.05, 0.1) is 41.8 Å². The third-order valence-corrected chi connectivity index (χ3v) is 11.7. The minimum absolute atomic E-state index is 0.00148. The summed E-state index contributed by atoms with van der Waals surface area (Å²) in [5, 5.41) is 37.5. The molecular weight excluding hydrogens is 708 g/mol. The fraction of sp³-hybridized carbons (Fsp3) is 0.684. The van der Waals surface area contributed by atoms with Gasteiger partial charge in [0, 0.05) is 70.2 Å². The predicted molar refractivity (Wildman–Crippen MR) is 204 cm³/mol. The largest absolute Gasteiger partial charge is 0.508 e. The molecular formula is C38H60N10O7. The normalized spacial score (nSPS) is 28.7. The van der Waals surface area contributed by atoms with Crippen molar-refractivity contribution in [1.82, 2.24) is 47.9 Å². The van der Waals surface area contributed by atoms with Crippen molar-refractivity contribution in [2.75, 3.05) is 46.3 Å². The Bertz CT molecular complexity index is 1530. The molecule has 17 nitrogen and oxygen atoms in total. The monoisotopic (exact) mass is 768 g/mol. The van der Waals surface area contributed by atoms with Gasteiger partial charge in [-0.1, -0.05) is 32.4 Å². The summed E-state index contributed by atoms with van der Waals surface area (Å²) in [5.74, 6) is -3.54. The highest BCUT2D eigenvalue weighted by atomic mass is 16.3. The van der Waals surface area contributed by atoms with Crippen molar-refractivity contribution in [3.8, 4) is 5.75 Å². The predicted octanol–water partition coefficient (Wildman–Crippen LogP) is -2.67. The third kappa shape index (κ3) is 11.4. The maximum atomic E-state index is 13.7. The van der Waals surface area contributed by atoms with E-state index in [1.807, 2.05) is 20.9 Å². The SMILES string of the molecule is CNC1CCCC1C(=O)N[C@H](CC(=O)NC1CNCC1C(=O)NC1CNCC1C(=O)N[C@H](CC(=O)NC1CNCC1C(N)=O)C(C)C)Cc1ccc(O)cc1. The van der Waals surface area contributed by atoms with Gasteiger partial charge in [-0.05, 0) is 49.9 Å². The summed E-state index contributed by atoms with van der Waals surface area (Å²) in [5.41, 5.74) is 6.34. The van der Waals surface area contributed by atoms with Crippen LogP contribution in [0.1, 0.15) is 51.5 Å². The van der Waals surface area contributed by atoms with Gasteiger partial charge in [-0.3, -0.25) is 28.8 Å². The standard InChI is InChI=1S/C38H60N10O7/c1-20(2)29(13-34(51)45-30-17-41-14-25(30)35(39)52)47-37(54)27-16-43-19-32(27)48-38(55)26-15-42-18-31(26)46-33(50)12-22(11-21-7-9-23(49)10-8-21)44-36(53)24-5-4-6-28(24)40-3/h7-10,20,22,24-32,40-43,49H,4-6,11-19H2,1-3H3,(H2,39,52)(H,44,53)(H,45,51)(H,46,50)(H,47,54)(H,48,55)/t22-,24?,25?,26?,27?,28?,29+,30?,31?,32?/m0/s1. The molecule has 55 heavy (non-hydrogen) atoms. The molecule has 3 aliphatic heterocycles. The van der Waals surface area contributed by atoms with Crippen molar-refractivity contribution in [2.45, 2.75) is 88.6 Å². The van der Waals surface area contributed by atoms with Gasteiger partial charge in [-0.2, -0.15) is 0 Å². The van der Waals surface area contributed by atoms with Gasteiger partial charge in [-0.15, -0.1) is 0 Å². The number of benzene rings is 1. The minimum Gasteiger partial charge on any atom is -0.508 e. The first-order chi connectivity index (χ1) is 26.3. The number of aromatic hydroxyl groups is 1. The fourth-order valence-corrected chi connectivity index (χ4v) is 8.35. The molecule has 0 spiro atoms. The van der Waals surface area contributed by atoms with E-state index in [1.165, 1.54) is 0 Å². The zero-order valence-electron chi connectivity index (χ0n) is 32.1. The maximum Gasteiger partial charge on any atom is 0.226 e. The first-order valence-electron chi connectivity index (χ1n) is 19.7. The van der Waals surface area contributed by atoms with Gasteiger partial charge in [0.1, 0.15) is 5.75 Å². The van der Waals surface area contributed by atoms with Crippen molar-refractivity contribution in [1.29, 1.82) is 0 Å². The van der Waals surface area contributed by atoms with Gasteiger partial charge in [0.25, 0.3) is 0 Å². The zero-order valence-corrected chi connectivity index (χ0v) is 32.1. The van der Waals surface area contributed by atoms with Gasteiger partial charge in [0.15, 0.2) is 0 Å². The number of primary amides is 1. The number of phenolic OH excluding ortho intramolecular Hbond substituents is 1. The van der Waals surface area contributed by atoms with E-state index in [-0.39, 0.29) is 66.0 Å². The quantitative estimate of drug-likeness (QED) is 0.0779. The van der Waals surface area contributed by atoms with Crippen LogP contribution in [0.4, 0.5) is 0 Å². The summed E-state index contributed by atoms with van der Waals surface area (Å²) < 4.78 is 0. The second-order valence-corrected chi connectivity index (χ2v) is 15.9. The van der Waals surface area contributed by atoms with Gasteiger partial charge >= 0.3 is 0 Å². The van der Waals surface area contributed by atoms with E-state index in [0.717, 1.165) is 24.8 Å². The van der Waals surface area contributed by atoms with Crippen LogP contribution in [0.15, 0.2) is 24.3 Å². The van der Waals surface area contributed by atoms with Gasteiger partial charge in [-0.25, -0.2) is 0 Å². The second kappa shape index (κ2) is 19.5. The molecule has 5 rings (SSSR count). The molecule has 4 fully saturated rings. The topological polar surface area (TPSA) is 257 Å². The van der Waals surface area contributed by atoms with Crippen molar-refractivity contribution >= 4 is 35.4 Å². The van der Waals surface area contributed by atoms with Gasteiger partial charge < -0.3 is 58.7 Å². The van der Waals surface area contributed by atoms with Crippen molar-refractivity contribution in [3.63, 3.8) is 0 Å². The molecule has 3 heterocycles. The average Bonchev–Trinajstić information content (AvgIpc) is 3.96. The molecule has 1 saturated carbocycles. The smallest absolute Gasteiger partial charge is 0.226 e. The van der Waals surface area contributed by atoms with E-state index in [9.17, 15) is 33.9 Å². The summed E-state index contributed by atoms with van der Waals surface area (Å²) in [6.07, 6.45) is 3.04. The van der Waals surface area contributed by atoms with Crippen LogP contribution in [0.5, 0.6) is 5.75 Å². The summed E-state index contributed by atoms with van der Waals surface area (Å²) in [6.45, 7) is 6.10. The van der Waals surface area contributed by atoms with Crippen LogP contribution in [0.3, 0.4) is 0 Å². The maximum absolute atomic E-state index is 13.7. The summed E-state index contributed by atoms with van der Waals surface area (Å²) >= 11 is 0. The molecule has 6 amide bonds. The lowest BCUT2D eigenvalue weighted by atomic mass is 9.95. The Morgan fingerprint density at radius 1 is 0.691 bits per heavy atom. The molecule has 304 valence electrons. The number of carbonyl (C=O) groups excluding carboxylic acids is 6. The van der Waals surface area contributed by atoms with E-state index in [4.69, 9.17) is 5.73 Å². The molecule has 4 aliphatic rings. The lowest BCUT2D eigenvalue weighted by Gasteiger charge is -2.28. The number of hydrogen-bond donors (Lipinski definition) is 11. The van der Waals surface area contributed by atoms with Crippen molar-refractivity contribution in [3.05, 3.63) is 29.8 Å². The molecule has 8 unspecified atom stereocenters. The highest BCUT2D eigenvalue weighted by Gasteiger charge is 2.41. The minimum atomic E-state index is -0.588. The Labute approximate surface area is 322 Å². The highest BCUT2D eigenvalue weighted by Crippen LogP contribution is 2.26. The van der Waals surface area contributed by atoms with E-state index in [2.05, 4.69) is 47.9 Å². The van der Waals surface area contributed by atoms with Crippen LogP contribution in [0, 0.1) is 29.6 Å².